The predicted octanol–water partition coefficient (Wildman–Crippen LogP) is 0.755. The monoisotopic (exact) mass is 516 g/mol. The first-order valence-electron chi connectivity index (χ1n) is 11.5. The van der Waals surface area contributed by atoms with Crippen molar-refractivity contribution in [1.82, 2.24) is 10.6 Å². The van der Waals surface area contributed by atoms with Gasteiger partial charge in [0.2, 0.25) is 0 Å². The maximum absolute atomic E-state index is 5.59. The molecule has 0 aromatic heterocycles. The molecule has 0 radical (unpaired) electrons. The number of alkyl halides is 2. The molecule has 0 heterocycles. The summed E-state index contributed by atoms with van der Waals surface area (Å²) in [7, 11) is 0. The van der Waals surface area contributed by atoms with Crippen LogP contribution in [0.5, 0.6) is 0 Å². The van der Waals surface area contributed by atoms with Crippen LogP contribution in [0.4, 0.5) is 0 Å². The van der Waals surface area contributed by atoms with Crippen LogP contribution in [0.2, 0.25) is 0 Å². The quantitative estimate of drug-likeness (QED) is 0.150. The van der Waals surface area contributed by atoms with Crippen molar-refractivity contribution in [2.45, 2.75) is 24.8 Å². The third kappa shape index (κ3) is 22.5. The second-order valence-corrected chi connectivity index (χ2v) is 7.52. The van der Waals surface area contributed by atoms with Gasteiger partial charge in [0.25, 0.3) is 0 Å². The topological polar surface area (TPSA) is 180 Å². The average Bonchev–Trinajstić information content (AvgIpc) is 2.90. The van der Waals surface area contributed by atoms with Gasteiger partial charge in [-0.1, -0.05) is 48.5 Å². The van der Waals surface area contributed by atoms with E-state index in [9.17, 15) is 0 Å². The van der Waals surface area contributed by atoms with E-state index < -0.39 is 0 Å². The van der Waals surface area contributed by atoms with E-state index in [1.807, 2.05) is 24.3 Å². The van der Waals surface area contributed by atoms with Gasteiger partial charge in [0, 0.05) is 77.2 Å². The Hall–Kier alpha value is -1.30. The molecule has 0 bridgehead atoms. The second kappa shape index (κ2) is 27.9. The van der Waals surface area contributed by atoms with E-state index in [1.165, 1.54) is 11.1 Å². The van der Waals surface area contributed by atoms with Crippen molar-refractivity contribution in [1.29, 1.82) is 0 Å². The lowest BCUT2D eigenvalue weighted by Gasteiger charge is -2.06. The summed E-state index contributed by atoms with van der Waals surface area (Å²) in [4.78, 5) is 0. The summed E-state index contributed by atoms with van der Waals surface area (Å²) in [6.07, 6.45) is 0. The predicted molar refractivity (Wildman–Crippen MR) is 150 cm³/mol. The molecule has 0 atom stereocenters. The van der Waals surface area contributed by atoms with Crippen molar-refractivity contribution < 1.29 is 0 Å². The van der Waals surface area contributed by atoms with Gasteiger partial charge in [-0.05, 0) is 22.3 Å². The molecule has 14 N–H and O–H groups in total. The van der Waals surface area contributed by atoms with Crippen LogP contribution in [0.25, 0.3) is 0 Å². The molecule has 0 aliphatic heterocycles. The van der Waals surface area contributed by atoms with Crippen LogP contribution in [-0.4, -0.2) is 52.4 Å². The fourth-order valence-electron chi connectivity index (χ4n) is 2.16. The molecule has 0 saturated heterocycles. The van der Waals surface area contributed by atoms with Gasteiger partial charge < -0.3 is 45.0 Å². The first-order valence-corrected chi connectivity index (χ1v) is 12.5. The molecule has 0 spiro atoms. The van der Waals surface area contributed by atoms with E-state index in [0.717, 1.165) is 37.3 Å². The highest BCUT2D eigenvalue weighted by Gasteiger charge is 1.94. The van der Waals surface area contributed by atoms with E-state index in [4.69, 9.17) is 57.6 Å². The number of nitrogens with one attached hydrogen (secondary N) is 2. The summed E-state index contributed by atoms with van der Waals surface area (Å²) in [6, 6.07) is 16.5. The summed E-state index contributed by atoms with van der Waals surface area (Å²) in [5, 5.41) is 6.53. The normalized spacial score (nSPS) is 9.65. The molecule has 196 valence electrons. The summed E-state index contributed by atoms with van der Waals surface area (Å²) >= 11 is 11.2. The van der Waals surface area contributed by atoms with Gasteiger partial charge in [0.1, 0.15) is 0 Å². The molecule has 0 amide bonds. The van der Waals surface area contributed by atoms with Crippen molar-refractivity contribution in [3.8, 4) is 0 Å². The van der Waals surface area contributed by atoms with Crippen LogP contribution in [0.1, 0.15) is 22.3 Å². The lowest BCUT2D eigenvalue weighted by molar-refractivity contribution is 0.688. The molecule has 2 rings (SSSR count). The molecule has 0 saturated carbocycles. The number of rotatable bonds is 12. The standard InChI is InChI=1S/C12H22N4.C8H8Cl2.2C2H8N2/c13-5-7-15-9-11-1-2-12(4-3-11)10-16-8-6-14;9-5-7-1-2-8(6-10)4-3-7;2*3-1-2-4/h1-4,15-16H,5-10,13-14H2;1-4H,5-6H2;2*1-4H2. The van der Waals surface area contributed by atoms with Crippen molar-refractivity contribution in [2.75, 3.05) is 52.4 Å². The van der Waals surface area contributed by atoms with Gasteiger partial charge in [0.05, 0.1) is 0 Å². The number of nitrogens with two attached hydrogens (primary N) is 6. The molecule has 0 fully saturated rings. The van der Waals surface area contributed by atoms with Crippen LogP contribution in [0, 0.1) is 0 Å². The molecule has 0 unspecified atom stereocenters. The second-order valence-electron chi connectivity index (χ2n) is 6.99. The highest BCUT2D eigenvalue weighted by molar-refractivity contribution is 6.17. The average molecular weight is 518 g/mol. The zero-order valence-electron chi connectivity index (χ0n) is 20.3. The van der Waals surface area contributed by atoms with Crippen molar-refractivity contribution in [3.63, 3.8) is 0 Å². The molecule has 0 aliphatic carbocycles. The highest BCUT2D eigenvalue weighted by atomic mass is 35.5. The number of hydrogen-bond acceptors (Lipinski definition) is 8. The van der Waals surface area contributed by atoms with Crippen molar-refractivity contribution in [3.05, 3.63) is 70.8 Å². The fraction of sp³-hybridized carbons (Fsp3) is 0.500. The molecule has 34 heavy (non-hydrogen) atoms. The first kappa shape index (κ1) is 34.9. The minimum Gasteiger partial charge on any atom is -0.329 e. The van der Waals surface area contributed by atoms with Gasteiger partial charge in [-0.15, -0.1) is 23.2 Å². The minimum atomic E-state index is 0.572. The van der Waals surface area contributed by atoms with E-state index in [2.05, 4.69) is 34.9 Å². The van der Waals surface area contributed by atoms with Crippen LogP contribution in [0.15, 0.2) is 48.5 Å². The largest absolute Gasteiger partial charge is 0.329 e. The summed E-state index contributed by atoms with van der Waals surface area (Å²) in [6.45, 7) is 7.24. The Morgan fingerprint density at radius 3 is 0.912 bits per heavy atom. The summed E-state index contributed by atoms with van der Waals surface area (Å²) in [5.41, 5.74) is 35.3. The Balaban J connectivity index is 0. The molecule has 8 nitrogen and oxygen atoms in total. The minimum absolute atomic E-state index is 0.572. The Bertz CT molecular complexity index is 582. The summed E-state index contributed by atoms with van der Waals surface area (Å²) < 4.78 is 0. The van der Waals surface area contributed by atoms with E-state index in [1.54, 1.807) is 0 Å². The molecule has 2 aromatic carbocycles. The van der Waals surface area contributed by atoms with E-state index >= 15 is 0 Å². The Labute approximate surface area is 216 Å². The Morgan fingerprint density at radius 2 is 0.706 bits per heavy atom. The van der Waals surface area contributed by atoms with Crippen LogP contribution >= 0.6 is 23.2 Å². The molecular weight excluding hydrogens is 471 g/mol. The summed E-state index contributed by atoms with van der Waals surface area (Å²) in [5.74, 6) is 1.14. The fourth-order valence-corrected chi connectivity index (χ4v) is 2.52. The van der Waals surface area contributed by atoms with Crippen molar-refractivity contribution in [2.24, 2.45) is 34.4 Å². The van der Waals surface area contributed by atoms with Crippen LogP contribution in [-0.2, 0) is 24.8 Å². The van der Waals surface area contributed by atoms with Crippen LogP contribution in [0.3, 0.4) is 0 Å². The van der Waals surface area contributed by atoms with Crippen LogP contribution < -0.4 is 45.0 Å². The van der Waals surface area contributed by atoms with Gasteiger partial charge in [-0.25, -0.2) is 0 Å². The van der Waals surface area contributed by atoms with Gasteiger partial charge in [0.15, 0.2) is 0 Å². The van der Waals surface area contributed by atoms with Gasteiger partial charge in [-0.3, -0.25) is 0 Å². The first-order chi connectivity index (χ1) is 16.6. The van der Waals surface area contributed by atoms with Gasteiger partial charge in [-0.2, -0.15) is 0 Å². The molecule has 0 aliphatic rings. The number of halogens is 2. The maximum Gasteiger partial charge on any atom is 0.0474 e. The van der Waals surface area contributed by atoms with E-state index in [0.29, 0.717) is 51.0 Å². The third-order valence-electron chi connectivity index (χ3n) is 3.99. The lowest BCUT2D eigenvalue weighted by atomic mass is 10.1. The Morgan fingerprint density at radius 1 is 0.441 bits per heavy atom. The zero-order chi connectivity index (χ0) is 25.9. The Kier molecular flexibility index (Phi) is 28.7. The smallest absolute Gasteiger partial charge is 0.0474 e. The van der Waals surface area contributed by atoms with Crippen molar-refractivity contribution >= 4 is 23.2 Å². The lowest BCUT2D eigenvalue weighted by Crippen LogP contribution is -2.22. The maximum atomic E-state index is 5.59. The number of benzene rings is 2. The van der Waals surface area contributed by atoms with E-state index in [-0.39, 0.29) is 0 Å². The zero-order valence-corrected chi connectivity index (χ0v) is 21.8. The molecule has 10 heteroatoms. The highest BCUT2D eigenvalue weighted by Crippen LogP contribution is 2.08. The molecular formula is C24H46Cl2N8. The SMILES string of the molecule is ClCc1ccc(CCl)cc1.NCCN.NCCN.NCCNCc1ccc(CNCCN)cc1. The third-order valence-corrected chi connectivity index (χ3v) is 4.61. The molecule has 2 aromatic rings. The van der Waals surface area contributed by atoms with Gasteiger partial charge >= 0.3 is 0 Å². The number of hydrogen-bond donors (Lipinski definition) is 8.